The van der Waals surface area contributed by atoms with E-state index in [0.717, 1.165) is 62.8 Å². The lowest BCUT2D eigenvalue weighted by Gasteiger charge is -2.17. The number of aromatic amines is 1. The van der Waals surface area contributed by atoms with Gasteiger partial charge in [0.05, 0.1) is 40.6 Å². The number of hydrogen-bond donors (Lipinski definition) is 1. The van der Waals surface area contributed by atoms with Gasteiger partial charge in [0.25, 0.3) is 0 Å². The van der Waals surface area contributed by atoms with Crippen LogP contribution in [-0.2, 0) is 5.41 Å². The molecule has 172 valence electrons. The van der Waals surface area contributed by atoms with E-state index in [-0.39, 0.29) is 0 Å². The molecule has 1 aliphatic heterocycles. The van der Waals surface area contributed by atoms with Crippen molar-refractivity contribution in [1.29, 1.82) is 5.26 Å². The molecule has 0 radical (unpaired) electrons. The highest BCUT2D eigenvalue weighted by Gasteiger charge is 2.20. The molecule has 0 spiro atoms. The number of nitrogens with one attached hydrogen (secondary N) is 1. The minimum Gasteiger partial charge on any atom is -0.370 e. The van der Waals surface area contributed by atoms with Crippen LogP contribution in [0, 0.1) is 11.3 Å². The monoisotopic (exact) mass is 458 g/mol. The van der Waals surface area contributed by atoms with E-state index in [1.54, 1.807) is 0 Å². The summed E-state index contributed by atoms with van der Waals surface area (Å²) < 4.78 is 0. The van der Waals surface area contributed by atoms with E-state index in [2.05, 4.69) is 55.4 Å². The maximum atomic E-state index is 9.48. The molecule has 0 aliphatic carbocycles. The number of benzene rings is 2. The summed E-state index contributed by atoms with van der Waals surface area (Å²) >= 11 is 0. The second kappa shape index (κ2) is 8.21. The van der Waals surface area contributed by atoms with Gasteiger partial charge in [-0.1, -0.05) is 30.3 Å². The largest absolute Gasteiger partial charge is 0.370 e. The van der Waals surface area contributed by atoms with E-state index in [1.807, 2.05) is 56.7 Å². The molecule has 1 N–H and O–H groups in total. The van der Waals surface area contributed by atoms with Crippen molar-refractivity contribution in [2.45, 2.75) is 32.1 Å². The number of pyridine rings is 2. The summed E-state index contributed by atoms with van der Waals surface area (Å²) in [5.74, 6) is 0. The highest BCUT2D eigenvalue weighted by atomic mass is 15.1. The van der Waals surface area contributed by atoms with Crippen molar-refractivity contribution in [2.24, 2.45) is 0 Å². The molecule has 35 heavy (non-hydrogen) atoms. The van der Waals surface area contributed by atoms with Gasteiger partial charge >= 0.3 is 0 Å². The highest BCUT2D eigenvalue weighted by molar-refractivity contribution is 6.11. The second-order valence-corrected chi connectivity index (χ2v) is 9.79. The van der Waals surface area contributed by atoms with Crippen molar-refractivity contribution >= 4 is 27.5 Å². The summed E-state index contributed by atoms with van der Waals surface area (Å²) in [7, 11) is 0. The summed E-state index contributed by atoms with van der Waals surface area (Å²) in [5, 5.41) is 19.4. The molecule has 3 aromatic heterocycles. The Kier molecular flexibility index (Phi) is 5.00. The van der Waals surface area contributed by atoms with Gasteiger partial charge in [-0.05, 0) is 56.0 Å². The summed E-state index contributed by atoms with van der Waals surface area (Å²) in [6.45, 7) is 6.05. The van der Waals surface area contributed by atoms with E-state index >= 15 is 0 Å². The van der Waals surface area contributed by atoms with Crippen LogP contribution in [0.3, 0.4) is 0 Å². The first-order valence-electron chi connectivity index (χ1n) is 12.0. The molecule has 5 aromatic rings. The first-order valence-corrected chi connectivity index (χ1v) is 12.0. The third kappa shape index (κ3) is 3.70. The third-order valence-electron chi connectivity index (χ3n) is 7.08. The molecule has 1 aliphatic rings. The van der Waals surface area contributed by atoms with Crippen molar-refractivity contribution in [3.05, 3.63) is 72.7 Å². The molecule has 6 nitrogen and oxygen atoms in total. The summed E-state index contributed by atoms with van der Waals surface area (Å²) in [6, 6.07) is 19.1. The average molecular weight is 459 g/mol. The Balaban J connectivity index is 1.47. The van der Waals surface area contributed by atoms with Crippen molar-refractivity contribution in [1.82, 2.24) is 20.2 Å². The zero-order valence-corrected chi connectivity index (χ0v) is 19.9. The van der Waals surface area contributed by atoms with Crippen LogP contribution in [0.1, 0.15) is 32.3 Å². The zero-order chi connectivity index (χ0) is 24.0. The molecular weight excluding hydrogens is 432 g/mol. The molecule has 1 fully saturated rings. The Hall–Kier alpha value is -4.24. The van der Waals surface area contributed by atoms with Gasteiger partial charge in [0.1, 0.15) is 5.69 Å². The standard InChI is InChI=1S/C29H26N6/c1-29(2,18-30)22-8-5-19(6-9-22)28-27-24-14-20(7-10-25(24)32-17-26(27)33-34-28)21-13-23(16-31-15-21)35-11-3-4-12-35/h5-10,13-17H,3-4,11-12H2,1-2H3,(H,33,34). The molecule has 2 aromatic carbocycles. The van der Waals surface area contributed by atoms with Crippen molar-refractivity contribution < 1.29 is 0 Å². The van der Waals surface area contributed by atoms with Gasteiger partial charge in [-0.2, -0.15) is 10.4 Å². The SMILES string of the molecule is CC(C)(C#N)c1ccc(-c2n[nH]c3cnc4ccc(-c5cncc(N6CCCC6)c5)cc4c23)cc1. The lowest BCUT2D eigenvalue weighted by Crippen LogP contribution is -2.17. The Morgan fingerprint density at radius 3 is 2.46 bits per heavy atom. The highest BCUT2D eigenvalue weighted by Crippen LogP contribution is 2.35. The van der Waals surface area contributed by atoms with E-state index in [4.69, 9.17) is 0 Å². The van der Waals surface area contributed by atoms with Gasteiger partial charge in [-0.25, -0.2) is 0 Å². The Morgan fingerprint density at radius 1 is 0.914 bits per heavy atom. The first kappa shape index (κ1) is 21.3. The number of aromatic nitrogens is 4. The minimum atomic E-state index is -0.532. The molecule has 0 unspecified atom stereocenters. The molecule has 6 rings (SSSR count). The topological polar surface area (TPSA) is 81.5 Å². The molecule has 0 saturated carbocycles. The van der Waals surface area contributed by atoms with Crippen LogP contribution in [-0.4, -0.2) is 33.3 Å². The Morgan fingerprint density at radius 2 is 1.69 bits per heavy atom. The van der Waals surface area contributed by atoms with Crippen molar-refractivity contribution in [3.63, 3.8) is 0 Å². The van der Waals surface area contributed by atoms with E-state index in [1.165, 1.54) is 18.5 Å². The normalized spacial score (nSPS) is 14.0. The van der Waals surface area contributed by atoms with Gasteiger partial charge in [-0.15, -0.1) is 0 Å². The van der Waals surface area contributed by atoms with Crippen LogP contribution in [0.4, 0.5) is 5.69 Å². The Bertz CT molecular complexity index is 1580. The van der Waals surface area contributed by atoms with Crippen LogP contribution in [0.2, 0.25) is 0 Å². The summed E-state index contributed by atoms with van der Waals surface area (Å²) in [4.78, 5) is 11.6. The fourth-order valence-electron chi connectivity index (χ4n) is 4.94. The van der Waals surface area contributed by atoms with Gasteiger partial charge < -0.3 is 4.90 Å². The zero-order valence-electron chi connectivity index (χ0n) is 19.9. The van der Waals surface area contributed by atoms with Gasteiger partial charge in [0.15, 0.2) is 0 Å². The predicted octanol–water partition coefficient (Wildman–Crippen LogP) is 6.24. The van der Waals surface area contributed by atoms with Gasteiger partial charge in [0, 0.05) is 41.2 Å². The number of rotatable bonds is 4. The molecule has 0 amide bonds. The number of fused-ring (bicyclic) bond motifs is 3. The molecule has 0 bridgehead atoms. The fourth-order valence-corrected chi connectivity index (χ4v) is 4.94. The van der Waals surface area contributed by atoms with E-state index in [9.17, 15) is 5.26 Å². The average Bonchev–Trinajstić information content (AvgIpc) is 3.59. The number of hydrogen-bond acceptors (Lipinski definition) is 5. The molecular formula is C29H26N6. The minimum absolute atomic E-state index is 0.532. The number of anilines is 1. The van der Waals surface area contributed by atoms with Crippen molar-refractivity contribution in [2.75, 3.05) is 18.0 Å². The molecule has 6 heteroatoms. The maximum absolute atomic E-state index is 9.48. The smallest absolute Gasteiger partial charge is 0.101 e. The lowest BCUT2D eigenvalue weighted by atomic mass is 9.86. The van der Waals surface area contributed by atoms with Crippen LogP contribution >= 0.6 is 0 Å². The predicted molar refractivity (Wildman–Crippen MR) is 140 cm³/mol. The van der Waals surface area contributed by atoms with Crippen molar-refractivity contribution in [3.8, 4) is 28.5 Å². The quantitative estimate of drug-likeness (QED) is 0.345. The summed E-state index contributed by atoms with van der Waals surface area (Å²) in [6.07, 6.45) is 8.21. The molecule has 0 atom stereocenters. The van der Waals surface area contributed by atoms with E-state index < -0.39 is 5.41 Å². The fraction of sp³-hybridized carbons (Fsp3) is 0.241. The number of nitriles is 1. The third-order valence-corrected chi connectivity index (χ3v) is 7.08. The number of H-pyrrole nitrogens is 1. The summed E-state index contributed by atoms with van der Waals surface area (Å²) in [5.41, 5.74) is 7.56. The molecule has 1 saturated heterocycles. The maximum Gasteiger partial charge on any atom is 0.101 e. The van der Waals surface area contributed by atoms with Crippen LogP contribution in [0.15, 0.2) is 67.1 Å². The first-order chi connectivity index (χ1) is 17.0. The molecule has 4 heterocycles. The van der Waals surface area contributed by atoms with Crippen LogP contribution in [0.25, 0.3) is 44.2 Å². The van der Waals surface area contributed by atoms with Gasteiger partial charge in [-0.3, -0.25) is 15.1 Å². The lowest BCUT2D eigenvalue weighted by molar-refractivity contribution is 0.687. The van der Waals surface area contributed by atoms with Crippen LogP contribution in [0.5, 0.6) is 0 Å². The van der Waals surface area contributed by atoms with Gasteiger partial charge in [0.2, 0.25) is 0 Å². The number of nitrogens with zero attached hydrogens (tertiary/aromatic N) is 5. The second-order valence-electron chi connectivity index (χ2n) is 9.79. The Labute approximate surface area is 204 Å². The van der Waals surface area contributed by atoms with Crippen LogP contribution < -0.4 is 4.90 Å². The van der Waals surface area contributed by atoms with E-state index in [0.29, 0.717) is 0 Å².